The number of benzene rings is 2. The summed E-state index contributed by atoms with van der Waals surface area (Å²) in [6, 6.07) is 8.86. The molecule has 26 heavy (non-hydrogen) atoms. The number of rotatable bonds is 7. The van der Waals surface area contributed by atoms with Gasteiger partial charge in [-0.1, -0.05) is 23.2 Å². The van der Waals surface area contributed by atoms with Crippen molar-refractivity contribution in [3.05, 3.63) is 46.4 Å². The minimum atomic E-state index is -4.01. The molecule has 140 valence electrons. The highest BCUT2D eigenvalue weighted by Gasteiger charge is 2.20. The van der Waals surface area contributed by atoms with Crippen LogP contribution >= 0.6 is 23.2 Å². The lowest BCUT2D eigenvalue weighted by Crippen LogP contribution is -2.33. The Morgan fingerprint density at radius 2 is 1.81 bits per heavy atom. The summed E-state index contributed by atoms with van der Waals surface area (Å²) in [5.74, 6) is 0.311. The molecule has 2 rings (SSSR count). The third-order valence-corrected chi connectivity index (χ3v) is 5.40. The zero-order valence-electron chi connectivity index (χ0n) is 13.9. The van der Waals surface area contributed by atoms with Gasteiger partial charge in [-0.2, -0.15) is 0 Å². The van der Waals surface area contributed by atoms with Gasteiger partial charge in [0, 0.05) is 11.1 Å². The minimum absolute atomic E-state index is 0.00299. The van der Waals surface area contributed by atoms with E-state index in [1.807, 2.05) is 0 Å². The molecule has 0 aliphatic carbocycles. The van der Waals surface area contributed by atoms with Gasteiger partial charge in [0.05, 0.1) is 31.5 Å². The van der Waals surface area contributed by atoms with Crippen LogP contribution in [0.25, 0.3) is 0 Å². The van der Waals surface area contributed by atoms with Gasteiger partial charge in [0.2, 0.25) is 15.9 Å². The van der Waals surface area contributed by atoms with Crippen LogP contribution in [-0.2, 0) is 14.8 Å². The summed E-state index contributed by atoms with van der Waals surface area (Å²) in [6.45, 7) is -0.508. The van der Waals surface area contributed by atoms with E-state index in [1.54, 1.807) is 18.2 Å². The van der Waals surface area contributed by atoms with Gasteiger partial charge in [-0.15, -0.1) is 0 Å². The number of halogens is 2. The van der Waals surface area contributed by atoms with Crippen LogP contribution in [0.1, 0.15) is 0 Å². The van der Waals surface area contributed by atoms with E-state index in [-0.39, 0.29) is 14.9 Å². The van der Waals surface area contributed by atoms with Crippen molar-refractivity contribution in [3.8, 4) is 11.5 Å². The van der Waals surface area contributed by atoms with Crippen LogP contribution in [0.3, 0.4) is 0 Å². The third-order valence-electron chi connectivity index (χ3n) is 3.29. The standard InChI is InChI=1S/C16H16Cl2N2O5S/c1-24-11-4-6-14(25-2)13(8-11)20-16(21)9-19-26(22,23)15-7-10(17)3-5-12(15)18/h3-8,19H,9H2,1-2H3,(H,20,21). The molecule has 7 nitrogen and oxygen atoms in total. The second-order valence-corrected chi connectivity index (χ2v) is 7.59. The van der Waals surface area contributed by atoms with Crippen molar-refractivity contribution in [3.63, 3.8) is 0 Å². The lowest BCUT2D eigenvalue weighted by Gasteiger charge is -2.12. The van der Waals surface area contributed by atoms with Crippen molar-refractivity contribution in [1.29, 1.82) is 0 Å². The highest BCUT2D eigenvalue weighted by Crippen LogP contribution is 2.29. The van der Waals surface area contributed by atoms with Gasteiger partial charge in [0.25, 0.3) is 0 Å². The fourth-order valence-corrected chi connectivity index (χ4v) is 3.77. The fourth-order valence-electron chi connectivity index (χ4n) is 2.03. The summed E-state index contributed by atoms with van der Waals surface area (Å²) in [6.07, 6.45) is 0. The van der Waals surface area contributed by atoms with Crippen molar-refractivity contribution < 1.29 is 22.7 Å². The van der Waals surface area contributed by atoms with E-state index in [0.29, 0.717) is 17.2 Å². The molecule has 0 aliphatic rings. The Kier molecular flexibility index (Phi) is 6.71. The van der Waals surface area contributed by atoms with Crippen molar-refractivity contribution >= 4 is 44.8 Å². The van der Waals surface area contributed by atoms with E-state index >= 15 is 0 Å². The second kappa shape index (κ2) is 8.59. The number of carbonyl (C=O) groups is 1. The first kappa shape index (κ1) is 20.3. The summed E-state index contributed by atoms with van der Waals surface area (Å²) in [4.78, 5) is 11.9. The van der Waals surface area contributed by atoms with Crippen molar-refractivity contribution in [1.82, 2.24) is 4.72 Å². The zero-order valence-corrected chi connectivity index (χ0v) is 16.2. The first-order chi connectivity index (χ1) is 12.3. The van der Waals surface area contributed by atoms with Gasteiger partial charge < -0.3 is 14.8 Å². The normalized spacial score (nSPS) is 11.1. The Labute approximate surface area is 161 Å². The van der Waals surface area contributed by atoms with Crippen molar-refractivity contribution in [2.45, 2.75) is 4.90 Å². The zero-order chi connectivity index (χ0) is 19.3. The monoisotopic (exact) mass is 418 g/mol. The Hall–Kier alpha value is -2.00. The molecule has 10 heteroatoms. The Bertz CT molecular complexity index is 919. The lowest BCUT2D eigenvalue weighted by atomic mass is 10.2. The van der Waals surface area contributed by atoms with Crippen LogP contribution in [0.2, 0.25) is 10.0 Å². The molecule has 0 saturated heterocycles. The number of hydrogen-bond acceptors (Lipinski definition) is 5. The Balaban J connectivity index is 2.10. The summed E-state index contributed by atoms with van der Waals surface area (Å²) >= 11 is 11.7. The van der Waals surface area contributed by atoms with E-state index in [2.05, 4.69) is 10.0 Å². The molecule has 2 aromatic carbocycles. The molecule has 2 N–H and O–H groups in total. The smallest absolute Gasteiger partial charge is 0.242 e. The quantitative estimate of drug-likeness (QED) is 0.720. The van der Waals surface area contributed by atoms with E-state index in [0.717, 1.165) is 0 Å². The van der Waals surface area contributed by atoms with Gasteiger partial charge in [0.1, 0.15) is 16.4 Å². The number of ether oxygens (including phenoxy) is 2. The van der Waals surface area contributed by atoms with Crippen LogP contribution in [-0.4, -0.2) is 35.1 Å². The molecule has 2 aromatic rings. The Morgan fingerprint density at radius 1 is 1.08 bits per heavy atom. The summed E-state index contributed by atoms with van der Waals surface area (Å²) < 4.78 is 37.0. The maximum Gasteiger partial charge on any atom is 0.242 e. The number of anilines is 1. The van der Waals surface area contributed by atoms with Crippen LogP contribution < -0.4 is 19.5 Å². The summed E-state index contributed by atoms with van der Waals surface area (Å²) in [5.41, 5.74) is 0.344. The number of amides is 1. The molecule has 0 radical (unpaired) electrons. The molecule has 0 saturated carbocycles. The van der Waals surface area contributed by atoms with Crippen molar-refractivity contribution in [2.24, 2.45) is 0 Å². The molecule has 0 bridgehead atoms. The first-order valence-electron chi connectivity index (χ1n) is 7.23. The van der Waals surface area contributed by atoms with Gasteiger partial charge in [-0.3, -0.25) is 4.79 Å². The molecule has 0 heterocycles. The van der Waals surface area contributed by atoms with Gasteiger partial charge in [-0.25, -0.2) is 13.1 Å². The van der Waals surface area contributed by atoms with E-state index in [9.17, 15) is 13.2 Å². The van der Waals surface area contributed by atoms with Crippen LogP contribution in [0.15, 0.2) is 41.3 Å². The minimum Gasteiger partial charge on any atom is -0.497 e. The molecular weight excluding hydrogens is 403 g/mol. The van der Waals surface area contributed by atoms with Gasteiger partial charge in [-0.05, 0) is 30.3 Å². The first-order valence-corrected chi connectivity index (χ1v) is 9.47. The molecule has 1 amide bonds. The average molecular weight is 419 g/mol. The second-order valence-electron chi connectivity index (χ2n) is 5.01. The van der Waals surface area contributed by atoms with Crippen molar-refractivity contribution in [2.75, 3.05) is 26.1 Å². The van der Waals surface area contributed by atoms with Crippen LogP contribution in [0.5, 0.6) is 11.5 Å². The van der Waals surface area contributed by atoms with Crippen LogP contribution in [0, 0.1) is 0 Å². The largest absolute Gasteiger partial charge is 0.497 e. The SMILES string of the molecule is COc1ccc(OC)c(NC(=O)CNS(=O)(=O)c2cc(Cl)ccc2Cl)c1. The summed E-state index contributed by atoms with van der Waals surface area (Å²) in [7, 11) is -1.08. The van der Waals surface area contributed by atoms with E-state index in [4.69, 9.17) is 32.7 Å². The highest BCUT2D eigenvalue weighted by molar-refractivity contribution is 7.89. The lowest BCUT2D eigenvalue weighted by molar-refractivity contribution is -0.115. The number of nitrogens with one attached hydrogen (secondary N) is 2. The molecule has 0 spiro atoms. The van der Waals surface area contributed by atoms with Gasteiger partial charge >= 0.3 is 0 Å². The maximum atomic E-state index is 12.3. The molecule has 0 unspecified atom stereocenters. The Morgan fingerprint density at radius 3 is 2.46 bits per heavy atom. The third kappa shape index (κ3) is 5.01. The highest BCUT2D eigenvalue weighted by atomic mass is 35.5. The predicted molar refractivity (Wildman–Crippen MR) is 99.8 cm³/mol. The molecule has 0 aromatic heterocycles. The average Bonchev–Trinajstić information content (AvgIpc) is 2.62. The number of hydrogen-bond donors (Lipinski definition) is 2. The number of carbonyl (C=O) groups excluding carboxylic acids is 1. The number of methoxy groups -OCH3 is 2. The van der Waals surface area contributed by atoms with E-state index < -0.39 is 22.5 Å². The molecule has 0 aliphatic heterocycles. The molecule has 0 fully saturated rings. The van der Waals surface area contributed by atoms with Gasteiger partial charge in [0.15, 0.2) is 0 Å². The van der Waals surface area contributed by atoms with E-state index in [1.165, 1.54) is 32.4 Å². The molecule has 0 atom stereocenters. The topological polar surface area (TPSA) is 93.7 Å². The number of sulfonamides is 1. The van der Waals surface area contributed by atoms with Crippen LogP contribution in [0.4, 0.5) is 5.69 Å². The summed E-state index contributed by atoms with van der Waals surface area (Å²) in [5, 5.41) is 2.76. The molecular formula is C16H16Cl2N2O5S. The maximum absolute atomic E-state index is 12.3. The predicted octanol–water partition coefficient (Wildman–Crippen LogP) is 2.93. The fraction of sp³-hybridized carbons (Fsp3) is 0.188.